The van der Waals surface area contributed by atoms with E-state index in [0.29, 0.717) is 49.3 Å². The SMILES string of the molecule is CCNC(=O)N1CC(Oc2nc3c(c(=O)n(C)c(=O)n3C)n2CCC(C)C)C1. The fraction of sp³-hybridized carbons (Fsp3) is 0.667. The minimum Gasteiger partial charge on any atom is -0.458 e. The van der Waals surface area contributed by atoms with Crippen molar-refractivity contribution in [3.63, 3.8) is 0 Å². The van der Waals surface area contributed by atoms with Crippen LogP contribution >= 0.6 is 0 Å². The van der Waals surface area contributed by atoms with Crippen LogP contribution in [-0.2, 0) is 20.6 Å². The number of rotatable bonds is 6. The minimum absolute atomic E-state index is 0.119. The van der Waals surface area contributed by atoms with Gasteiger partial charge in [0.25, 0.3) is 11.6 Å². The Morgan fingerprint density at radius 2 is 1.93 bits per heavy atom. The average molecular weight is 392 g/mol. The number of aryl methyl sites for hydroxylation is 2. The quantitative estimate of drug-likeness (QED) is 0.760. The van der Waals surface area contributed by atoms with Gasteiger partial charge in [-0.15, -0.1) is 0 Å². The topological polar surface area (TPSA) is 103 Å². The van der Waals surface area contributed by atoms with Gasteiger partial charge in [-0.1, -0.05) is 13.8 Å². The lowest BCUT2D eigenvalue weighted by atomic mass is 10.1. The van der Waals surface area contributed by atoms with Gasteiger partial charge in [0.15, 0.2) is 11.2 Å². The highest BCUT2D eigenvalue weighted by molar-refractivity contribution is 5.75. The highest BCUT2D eigenvalue weighted by atomic mass is 16.5. The lowest BCUT2D eigenvalue weighted by molar-refractivity contribution is 0.0358. The number of carbonyl (C=O) groups is 1. The molecule has 0 bridgehead atoms. The highest BCUT2D eigenvalue weighted by Crippen LogP contribution is 2.23. The second kappa shape index (κ2) is 7.69. The number of carbonyl (C=O) groups excluding carboxylic acids is 1. The fourth-order valence-corrected chi connectivity index (χ4v) is 3.20. The van der Waals surface area contributed by atoms with Gasteiger partial charge in [-0.25, -0.2) is 9.59 Å². The van der Waals surface area contributed by atoms with E-state index >= 15 is 0 Å². The maximum Gasteiger partial charge on any atom is 0.332 e. The number of urea groups is 1. The van der Waals surface area contributed by atoms with Gasteiger partial charge in [0.2, 0.25) is 0 Å². The number of nitrogens with one attached hydrogen (secondary N) is 1. The summed E-state index contributed by atoms with van der Waals surface area (Å²) in [6, 6.07) is 0.196. The Kier molecular flexibility index (Phi) is 5.48. The van der Waals surface area contributed by atoms with Gasteiger partial charge in [0.05, 0.1) is 13.1 Å². The molecule has 154 valence electrons. The van der Waals surface area contributed by atoms with Crippen LogP contribution in [0.3, 0.4) is 0 Å². The Labute approximate surface area is 162 Å². The standard InChI is InChI=1S/C18H28N6O4/c1-6-19-16(26)23-9-12(10-23)28-17-20-14-13(24(17)8-7-11(2)3)15(25)22(5)18(27)21(14)4/h11-12H,6-10H2,1-5H3,(H,19,26). The van der Waals surface area contributed by atoms with Crippen molar-refractivity contribution in [3.8, 4) is 6.01 Å². The molecule has 3 heterocycles. The average Bonchev–Trinajstić information content (AvgIpc) is 2.97. The van der Waals surface area contributed by atoms with Crippen molar-refractivity contribution in [3.05, 3.63) is 20.8 Å². The zero-order valence-electron chi connectivity index (χ0n) is 17.1. The molecule has 10 nitrogen and oxygen atoms in total. The summed E-state index contributed by atoms with van der Waals surface area (Å²) in [5.41, 5.74) is -0.141. The van der Waals surface area contributed by atoms with Crippen LogP contribution in [-0.4, -0.2) is 55.4 Å². The number of hydrogen-bond acceptors (Lipinski definition) is 5. The largest absolute Gasteiger partial charge is 0.458 e. The molecule has 1 N–H and O–H groups in total. The van der Waals surface area contributed by atoms with Crippen LogP contribution in [0.2, 0.25) is 0 Å². The molecule has 1 aliphatic rings. The Morgan fingerprint density at radius 1 is 1.25 bits per heavy atom. The molecular formula is C18H28N6O4. The summed E-state index contributed by atoms with van der Waals surface area (Å²) in [4.78, 5) is 42.9. The smallest absolute Gasteiger partial charge is 0.332 e. The van der Waals surface area contributed by atoms with Crippen molar-refractivity contribution >= 4 is 17.2 Å². The van der Waals surface area contributed by atoms with E-state index in [-0.39, 0.29) is 17.7 Å². The van der Waals surface area contributed by atoms with E-state index in [4.69, 9.17) is 4.74 Å². The zero-order valence-corrected chi connectivity index (χ0v) is 17.1. The van der Waals surface area contributed by atoms with Crippen molar-refractivity contribution in [2.45, 2.75) is 39.8 Å². The van der Waals surface area contributed by atoms with E-state index in [1.54, 1.807) is 16.5 Å². The summed E-state index contributed by atoms with van der Waals surface area (Å²) in [6.45, 7) is 8.11. The van der Waals surface area contributed by atoms with Crippen LogP contribution in [0.25, 0.3) is 11.2 Å². The summed E-state index contributed by atoms with van der Waals surface area (Å²) in [7, 11) is 3.05. The van der Waals surface area contributed by atoms with Crippen molar-refractivity contribution in [2.24, 2.45) is 20.0 Å². The first kappa shape index (κ1) is 20.0. The summed E-state index contributed by atoms with van der Waals surface area (Å²) in [5, 5.41) is 2.75. The third kappa shape index (κ3) is 3.50. The lowest BCUT2D eigenvalue weighted by Crippen LogP contribution is -2.59. The van der Waals surface area contributed by atoms with Gasteiger partial charge in [0, 0.05) is 27.2 Å². The summed E-state index contributed by atoms with van der Waals surface area (Å²) >= 11 is 0. The predicted molar refractivity (Wildman–Crippen MR) is 105 cm³/mol. The third-order valence-electron chi connectivity index (χ3n) is 4.98. The minimum atomic E-state index is -0.427. The van der Waals surface area contributed by atoms with Crippen LogP contribution in [0.15, 0.2) is 9.59 Å². The van der Waals surface area contributed by atoms with Crippen LogP contribution in [0.1, 0.15) is 27.2 Å². The summed E-state index contributed by atoms with van der Waals surface area (Å²) in [6.07, 6.45) is 0.641. The van der Waals surface area contributed by atoms with Crippen LogP contribution in [0, 0.1) is 5.92 Å². The number of imidazole rings is 1. The molecule has 0 atom stereocenters. The molecule has 0 unspecified atom stereocenters. The van der Waals surface area contributed by atoms with Gasteiger partial charge >= 0.3 is 11.7 Å². The monoisotopic (exact) mass is 392 g/mol. The zero-order chi connectivity index (χ0) is 20.6. The Balaban J connectivity index is 1.93. The number of nitrogens with zero attached hydrogens (tertiary/aromatic N) is 5. The number of fused-ring (bicyclic) bond motifs is 1. The Hall–Kier alpha value is -2.78. The Bertz CT molecular complexity index is 996. The molecule has 1 saturated heterocycles. The first-order chi connectivity index (χ1) is 13.2. The van der Waals surface area contributed by atoms with Crippen molar-refractivity contribution in [1.29, 1.82) is 0 Å². The number of likely N-dealkylation sites (tertiary alicyclic amines) is 1. The van der Waals surface area contributed by atoms with E-state index in [2.05, 4.69) is 24.1 Å². The first-order valence-corrected chi connectivity index (χ1v) is 9.60. The van der Waals surface area contributed by atoms with Crippen molar-refractivity contribution < 1.29 is 9.53 Å². The second-order valence-corrected chi connectivity index (χ2v) is 7.59. The van der Waals surface area contributed by atoms with Crippen molar-refractivity contribution in [1.82, 2.24) is 28.9 Å². The fourth-order valence-electron chi connectivity index (χ4n) is 3.20. The van der Waals surface area contributed by atoms with Gasteiger partial charge in [-0.2, -0.15) is 4.98 Å². The van der Waals surface area contributed by atoms with Crippen LogP contribution < -0.4 is 21.3 Å². The maximum absolute atomic E-state index is 12.7. The predicted octanol–water partition coefficient (Wildman–Crippen LogP) is 0.272. The molecule has 2 aromatic rings. The van der Waals surface area contributed by atoms with E-state index < -0.39 is 5.69 Å². The normalized spacial score (nSPS) is 14.6. The highest BCUT2D eigenvalue weighted by Gasteiger charge is 2.33. The van der Waals surface area contributed by atoms with E-state index in [1.165, 1.54) is 11.6 Å². The molecule has 1 fully saturated rings. The molecule has 10 heteroatoms. The van der Waals surface area contributed by atoms with Crippen LogP contribution in [0.4, 0.5) is 4.79 Å². The first-order valence-electron chi connectivity index (χ1n) is 9.60. The van der Waals surface area contributed by atoms with E-state index in [0.717, 1.165) is 11.0 Å². The van der Waals surface area contributed by atoms with Crippen molar-refractivity contribution in [2.75, 3.05) is 19.6 Å². The molecule has 0 saturated carbocycles. The van der Waals surface area contributed by atoms with E-state index in [1.807, 2.05) is 6.92 Å². The molecule has 28 heavy (non-hydrogen) atoms. The van der Waals surface area contributed by atoms with Gasteiger partial charge < -0.3 is 15.0 Å². The number of aromatic nitrogens is 4. The molecule has 0 aliphatic carbocycles. The number of ether oxygens (including phenoxy) is 1. The van der Waals surface area contributed by atoms with Crippen LogP contribution in [0.5, 0.6) is 6.01 Å². The van der Waals surface area contributed by atoms with Gasteiger partial charge in [0.1, 0.15) is 6.10 Å². The molecule has 3 rings (SSSR count). The molecule has 2 aromatic heterocycles. The molecule has 0 aromatic carbocycles. The van der Waals surface area contributed by atoms with Gasteiger partial charge in [-0.3, -0.25) is 18.5 Å². The third-order valence-corrected chi connectivity index (χ3v) is 4.98. The van der Waals surface area contributed by atoms with Gasteiger partial charge in [-0.05, 0) is 19.3 Å². The summed E-state index contributed by atoms with van der Waals surface area (Å²) < 4.78 is 10.2. The lowest BCUT2D eigenvalue weighted by Gasteiger charge is -2.38. The molecular weight excluding hydrogens is 364 g/mol. The molecule has 0 spiro atoms. The summed E-state index contributed by atoms with van der Waals surface area (Å²) in [5.74, 6) is 0.429. The molecule has 0 radical (unpaired) electrons. The molecule has 2 amide bonds. The Morgan fingerprint density at radius 3 is 2.54 bits per heavy atom. The molecule has 1 aliphatic heterocycles. The number of amides is 2. The maximum atomic E-state index is 12.7. The number of hydrogen-bond donors (Lipinski definition) is 1. The second-order valence-electron chi connectivity index (χ2n) is 7.59. The van der Waals surface area contributed by atoms with E-state index in [9.17, 15) is 14.4 Å².